The average Bonchev–Trinajstić information content (AvgIpc) is 2.81. The summed E-state index contributed by atoms with van der Waals surface area (Å²) in [5, 5.41) is 0. The zero-order valence-electron chi connectivity index (χ0n) is 7.95. The SMILES string of the molecule is O=C(/C=C/c1cccnc1)n1ccnc1. The zero-order chi connectivity index (χ0) is 10.5. The Hall–Kier alpha value is -2.23. The average molecular weight is 199 g/mol. The molecule has 15 heavy (non-hydrogen) atoms. The molecule has 0 spiro atoms. The van der Waals surface area contributed by atoms with Crippen LogP contribution in [0.3, 0.4) is 0 Å². The number of carbonyl (C=O) groups excluding carboxylic acids is 1. The summed E-state index contributed by atoms with van der Waals surface area (Å²) in [5.41, 5.74) is 0.894. The maximum atomic E-state index is 11.5. The van der Waals surface area contributed by atoms with Gasteiger partial charge in [0.1, 0.15) is 6.33 Å². The first kappa shape index (κ1) is 9.33. The standard InChI is InChI=1S/C11H9N3O/c15-11(14-7-6-13-9-14)4-3-10-2-1-5-12-8-10/h1-9H/b4-3+. The second-order valence-electron chi connectivity index (χ2n) is 2.93. The van der Waals surface area contributed by atoms with Crippen molar-refractivity contribution in [1.29, 1.82) is 0 Å². The molecule has 2 aromatic heterocycles. The second-order valence-corrected chi connectivity index (χ2v) is 2.93. The van der Waals surface area contributed by atoms with E-state index in [1.165, 1.54) is 17.0 Å². The van der Waals surface area contributed by atoms with Gasteiger partial charge in [0.25, 0.3) is 5.91 Å². The summed E-state index contributed by atoms with van der Waals surface area (Å²) < 4.78 is 1.41. The fraction of sp³-hybridized carbons (Fsp3) is 0. The molecular formula is C11H9N3O. The van der Waals surface area contributed by atoms with Gasteiger partial charge in [-0.15, -0.1) is 0 Å². The van der Waals surface area contributed by atoms with Crippen LogP contribution >= 0.6 is 0 Å². The minimum atomic E-state index is -0.128. The lowest BCUT2D eigenvalue weighted by atomic mass is 10.2. The summed E-state index contributed by atoms with van der Waals surface area (Å²) >= 11 is 0. The van der Waals surface area contributed by atoms with E-state index in [9.17, 15) is 4.79 Å². The molecule has 0 fully saturated rings. The molecule has 0 N–H and O–H groups in total. The Labute approximate surface area is 86.9 Å². The molecule has 74 valence electrons. The second kappa shape index (κ2) is 4.32. The molecule has 0 atom stereocenters. The Bertz CT molecular complexity index is 460. The first-order chi connectivity index (χ1) is 7.36. The molecule has 0 aliphatic heterocycles. The van der Waals surface area contributed by atoms with Crippen molar-refractivity contribution in [3.05, 3.63) is 54.9 Å². The molecule has 0 amide bonds. The highest BCUT2D eigenvalue weighted by Gasteiger charge is 1.97. The molecule has 0 bridgehead atoms. The lowest BCUT2D eigenvalue weighted by Gasteiger charge is -1.93. The van der Waals surface area contributed by atoms with Gasteiger partial charge >= 0.3 is 0 Å². The van der Waals surface area contributed by atoms with Crippen LogP contribution in [0, 0.1) is 0 Å². The van der Waals surface area contributed by atoms with Crippen LogP contribution < -0.4 is 0 Å². The van der Waals surface area contributed by atoms with Gasteiger partial charge in [-0.2, -0.15) is 0 Å². The third kappa shape index (κ3) is 2.37. The van der Waals surface area contributed by atoms with E-state index in [4.69, 9.17) is 0 Å². The van der Waals surface area contributed by atoms with Crippen molar-refractivity contribution >= 4 is 12.0 Å². The number of pyridine rings is 1. The summed E-state index contributed by atoms with van der Waals surface area (Å²) in [6, 6.07) is 3.70. The van der Waals surface area contributed by atoms with Gasteiger partial charge in [-0.05, 0) is 17.7 Å². The number of aromatic nitrogens is 3. The van der Waals surface area contributed by atoms with E-state index in [1.807, 2.05) is 12.1 Å². The molecule has 2 rings (SSSR count). The molecule has 2 aromatic rings. The van der Waals surface area contributed by atoms with E-state index in [2.05, 4.69) is 9.97 Å². The van der Waals surface area contributed by atoms with Gasteiger partial charge in [0, 0.05) is 30.9 Å². The lowest BCUT2D eigenvalue weighted by molar-refractivity contribution is 0.0969. The quantitative estimate of drug-likeness (QED) is 0.690. The molecular weight excluding hydrogens is 190 g/mol. The van der Waals surface area contributed by atoms with Gasteiger partial charge in [-0.25, -0.2) is 4.98 Å². The van der Waals surface area contributed by atoms with E-state index in [1.54, 1.807) is 30.9 Å². The summed E-state index contributed by atoms with van der Waals surface area (Å²) in [6.07, 6.45) is 11.2. The molecule has 2 heterocycles. The van der Waals surface area contributed by atoms with E-state index < -0.39 is 0 Å². The minimum absolute atomic E-state index is 0.128. The number of nitrogens with zero attached hydrogens (tertiary/aromatic N) is 3. The number of imidazole rings is 1. The highest BCUT2D eigenvalue weighted by atomic mass is 16.1. The maximum absolute atomic E-state index is 11.5. The van der Waals surface area contributed by atoms with Crippen molar-refractivity contribution < 1.29 is 4.79 Å². The van der Waals surface area contributed by atoms with Gasteiger partial charge in [-0.3, -0.25) is 14.3 Å². The predicted molar refractivity (Wildman–Crippen MR) is 56.1 cm³/mol. The van der Waals surface area contributed by atoms with Crippen LogP contribution in [0.25, 0.3) is 6.08 Å². The van der Waals surface area contributed by atoms with Gasteiger partial charge < -0.3 is 0 Å². The van der Waals surface area contributed by atoms with Crippen molar-refractivity contribution in [2.24, 2.45) is 0 Å². The van der Waals surface area contributed by atoms with Crippen molar-refractivity contribution in [2.45, 2.75) is 0 Å². The van der Waals surface area contributed by atoms with E-state index >= 15 is 0 Å². The monoisotopic (exact) mass is 199 g/mol. The summed E-state index contributed by atoms with van der Waals surface area (Å²) in [6.45, 7) is 0. The van der Waals surface area contributed by atoms with Crippen LogP contribution in [0.1, 0.15) is 10.4 Å². The molecule has 4 heteroatoms. The fourth-order valence-corrected chi connectivity index (χ4v) is 1.12. The number of hydrogen-bond acceptors (Lipinski definition) is 3. The topological polar surface area (TPSA) is 47.8 Å². The molecule has 0 saturated carbocycles. The maximum Gasteiger partial charge on any atom is 0.255 e. The first-order valence-corrected chi connectivity index (χ1v) is 4.46. The Kier molecular flexibility index (Phi) is 2.69. The predicted octanol–water partition coefficient (Wildman–Crippen LogP) is 1.63. The number of hydrogen-bond donors (Lipinski definition) is 0. The Balaban J connectivity index is 2.10. The first-order valence-electron chi connectivity index (χ1n) is 4.46. The van der Waals surface area contributed by atoms with Crippen LogP contribution in [0.2, 0.25) is 0 Å². The van der Waals surface area contributed by atoms with Gasteiger partial charge in [0.2, 0.25) is 0 Å². The molecule has 0 saturated heterocycles. The third-order valence-corrected chi connectivity index (χ3v) is 1.86. The van der Waals surface area contributed by atoms with E-state index in [0.29, 0.717) is 0 Å². The van der Waals surface area contributed by atoms with E-state index in [-0.39, 0.29) is 5.91 Å². The minimum Gasteiger partial charge on any atom is -0.273 e. The largest absolute Gasteiger partial charge is 0.273 e. The third-order valence-electron chi connectivity index (χ3n) is 1.86. The highest BCUT2D eigenvalue weighted by molar-refractivity contribution is 5.93. The van der Waals surface area contributed by atoms with Crippen LogP contribution in [0.5, 0.6) is 0 Å². The van der Waals surface area contributed by atoms with Crippen molar-refractivity contribution in [3.63, 3.8) is 0 Å². The smallest absolute Gasteiger partial charge is 0.255 e. The molecule has 0 aliphatic carbocycles. The van der Waals surface area contributed by atoms with Crippen molar-refractivity contribution in [1.82, 2.24) is 14.5 Å². The Morgan fingerprint density at radius 2 is 2.27 bits per heavy atom. The Morgan fingerprint density at radius 1 is 1.33 bits per heavy atom. The number of carbonyl (C=O) groups is 1. The van der Waals surface area contributed by atoms with Gasteiger partial charge in [0.05, 0.1) is 0 Å². The van der Waals surface area contributed by atoms with Crippen LogP contribution in [0.4, 0.5) is 0 Å². The lowest BCUT2D eigenvalue weighted by Crippen LogP contribution is -2.03. The van der Waals surface area contributed by atoms with Crippen molar-refractivity contribution in [2.75, 3.05) is 0 Å². The summed E-state index contributed by atoms with van der Waals surface area (Å²) in [5.74, 6) is -0.128. The zero-order valence-corrected chi connectivity index (χ0v) is 7.95. The van der Waals surface area contributed by atoms with Crippen LogP contribution in [-0.2, 0) is 0 Å². The fourth-order valence-electron chi connectivity index (χ4n) is 1.12. The molecule has 0 unspecified atom stereocenters. The highest BCUT2D eigenvalue weighted by Crippen LogP contribution is 1.99. The Morgan fingerprint density at radius 3 is 2.93 bits per heavy atom. The normalized spacial score (nSPS) is 10.7. The number of rotatable bonds is 2. The van der Waals surface area contributed by atoms with Crippen LogP contribution in [0.15, 0.2) is 49.3 Å². The summed E-state index contributed by atoms with van der Waals surface area (Å²) in [4.78, 5) is 19.2. The van der Waals surface area contributed by atoms with Crippen LogP contribution in [-0.4, -0.2) is 20.4 Å². The molecule has 4 nitrogen and oxygen atoms in total. The summed E-state index contributed by atoms with van der Waals surface area (Å²) in [7, 11) is 0. The van der Waals surface area contributed by atoms with Gasteiger partial charge in [-0.1, -0.05) is 6.07 Å². The van der Waals surface area contributed by atoms with Crippen molar-refractivity contribution in [3.8, 4) is 0 Å². The molecule has 0 radical (unpaired) electrons. The van der Waals surface area contributed by atoms with Gasteiger partial charge in [0.15, 0.2) is 0 Å². The van der Waals surface area contributed by atoms with E-state index in [0.717, 1.165) is 5.56 Å². The number of allylic oxidation sites excluding steroid dienone is 1. The molecule has 0 aromatic carbocycles. The molecule has 0 aliphatic rings.